The summed E-state index contributed by atoms with van der Waals surface area (Å²) in [4.78, 5) is 0. The molecule has 0 saturated heterocycles. The number of hydrogen-bond acceptors (Lipinski definition) is 1. The van der Waals surface area contributed by atoms with E-state index in [-0.39, 0.29) is 6.10 Å². The van der Waals surface area contributed by atoms with E-state index in [1.807, 2.05) is 6.92 Å². The number of allylic oxidation sites excluding steroid dienone is 1. The van der Waals surface area contributed by atoms with Gasteiger partial charge in [0.1, 0.15) is 0 Å². The predicted molar refractivity (Wildman–Crippen MR) is 58.8 cm³/mol. The summed E-state index contributed by atoms with van der Waals surface area (Å²) >= 11 is 0. The highest BCUT2D eigenvalue weighted by molar-refractivity contribution is 5.03. The van der Waals surface area contributed by atoms with Crippen molar-refractivity contribution in [1.82, 2.24) is 0 Å². The van der Waals surface area contributed by atoms with Crippen LogP contribution in [0.2, 0.25) is 0 Å². The van der Waals surface area contributed by atoms with E-state index in [9.17, 15) is 5.11 Å². The van der Waals surface area contributed by atoms with Crippen LogP contribution in [0.4, 0.5) is 0 Å². The molecule has 0 heterocycles. The molecule has 0 rings (SSSR count). The lowest BCUT2D eigenvalue weighted by atomic mass is 10.0. The lowest BCUT2D eigenvalue weighted by molar-refractivity contribution is 0.196. The largest absolute Gasteiger partial charge is 0.389 e. The van der Waals surface area contributed by atoms with E-state index in [4.69, 9.17) is 0 Å². The Hall–Kier alpha value is -0.300. The van der Waals surface area contributed by atoms with Crippen LogP contribution in [0.15, 0.2) is 11.6 Å². The van der Waals surface area contributed by atoms with E-state index in [0.29, 0.717) is 0 Å². The number of aliphatic hydroxyl groups excluding tert-OH is 1. The van der Waals surface area contributed by atoms with Gasteiger partial charge in [0.05, 0.1) is 6.10 Å². The third-order valence-corrected chi connectivity index (χ3v) is 2.38. The van der Waals surface area contributed by atoms with Gasteiger partial charge in [-0.3, -0.25) is 0 Å². The van der Waals surface area contributed by atoms with Crippen LogP contribution in [0.3, 0.4) is 0 Å². The van der Waals surface area contributed by atoms with E-state index in [0.717, 1.165) is 24.8 Å². The van der Waals surface area contributed by atoms with Crippen LogP contribution in [-0.4, -0.2) is 11.2 Å². The lowest BCUT2D eigenvalue weighted by Crippen LogP contribution is -2.07. The van der Waals surface area contributed by atoms with E-state index < -0.39 is 0 Å². The van der Waals surface area contributed by atoms with Gasteiger partial charge in [0.2, 0.25) is 0 Å². The van der Waals surface area contributed by atoms with Crippen molar-refractivity contribution in [2.24, 2.45) is 0 Å². The number of unbranched alkanes of at least 4 members (excludes halogenated alkanes) is 3. The molecule has 0 saturated carbocycles. The molecule has 0 spiro atoms. The van der Waals surface area contributed by atoms with Gasteiger partial charge in [-0.25, -0.2) is 0 Å². The summed E-state index contributed by atoms with van der Waals surface area (Å²) in [6, 6.07) is 0. The Morgan fingerprint density at radius 3 is 2.38 bits per heavy atom. The Bertz CT molecular complexity index is 138. The normalized spacial score (nSPS) is 14.6. The average Bonchev–Trinajstić information content (AvgIpc) is 2.14. The Balaban J connectivity index is 3.65. The van der Waals surface area contributed by atoms with Crippen molar-refractivity contribution >= 4 is 0 Å². The van der Waals surface area contributed by atoms with Gasteiger partial charge in [-0.1, -0.05) is 45.6 Å². The zero-order valence-corrected chi connectivity index (χ0v) is 9.34. The minimum absolute atomic E-state index is 0.197. The van der Waals surface area contributed by atoms with Gasteiger partial charge < -0.3 is 5.11 Å². The lowest BCUT2D eigenvalue weighted by Gasteiger charge is -2.10. The van der Waals surface area contributed by atoms with E-state index in [2.05, 4.69) is 19.9 Å². The highest BCUT2D eigenvalue weighted by Crippen LogP contribution is 2.11. The van der Waals surface area contributed by atoms with Crippen LogP contribution in [-0.2, 0) is 0 Å². The van der Waals surface area contributed by atoms with Gasteiger partial charge in [-0.15, -0.1) is 0 Å². The van der Waals surface area contributed by atoms with Crippen molar-refractivity contribution < 1.29 is 5.11 Å². The molecule has 13 heavy (non-hydrogen) atoms. The second-order valence-electron chi connectivity index (χ2n) is 3.75. The minimum Gasteiger partial charge on any atom is -0.389 e. The Labute approximate surface area is 82.9 Å². The molecule has 0 aromatic carbocycles. The fraction of sp³-hybridized carbons (Fsp3) is 0.833. The van der Waals surface area contributed by atoms with Gasteiger partial charge >= 0.3 is 0 Å². The monoisotopic (exact) mass is 184 g/mol. The predicted octanol–water partition coefficient (Wildman–Crippen LogP) is 3.67. The van der Waals surface area contributed by atoms with Crippen LogP contribution in [0, 0.1) is 0 Å². The molecule has 0 aliphatic rings. The Morgan fingerprint density at radius 2 is 1.85 bits per heavy atom. The van der Waals surface area contributed by atoms with Gasteiger partial charge in [-0.05, 0) is 25.3 Å². The first-order valence-electron chi connectivity index (χ1n) is 5.57. The number of rotatable bonds is 7. The van der Waals surface area contributed by atoms with E-state index >= 15 is 0 Å². The zero-order chi connectivity index (χ0) is 10.1. The highest BCUT2D eigenvalue weighted by atomic mass is 16.3. The van der Waals surface area contributed by atoms with Gasteiger partial charge in [-0.2, -0.15) is 0 Å². The van der Waals surface area contributed by atoms with Crippen molar-refractivity contribution in [2.75, 3.05) is 0 Å². The molecule has 0 aromatic rings. The van der Waals surface area contributed by atoms with E-state index in [1.165, 1.54) is 19.3 Å². The Kier molecular flexibility index (Phi) is 8.11. The summed E-state index contributed by atoms with van der Waals surface area (Å²) in [5.41, 5.74) is 1.15. The fourth-order valence-electron chi connectivity index (χ4n) is 1.30. The quantitative estimate of drug-likeness (QED) is 0.473. The van der Waals surface area contributed by atoms with E-state index in [1.54, 1.807) is 0 Å². The van der Waals surface area contributed by atoms with Crippen LogP contribution in [0.25, 0.3) is 0 Å². The first-order chi connectivity index (χ1) is 6.22. The third-order valence-electron chi connectivity index (χ3n) is 2.38. The Morgan fingerprint density at radius 1 is 1.23 bits per heavy atom. The van der Waals surface area contributed by atoms with Gasteiger partial charge in [0, 0.05) is 0 Å². The van der Waals surface area contributed by atoms with Gasteiger partial charge in [0.15, 0.2) is 0 Å². The molecule has 1 unspecified atom stereocenters. The molecule has 0 aliphatic heterocycles. The average molecular weight is 184 g/mol. The number of hydrogen-bond donors (Lipinski definition) is 1. The first kappa shape index (κ1) is 12.7. The molecule has 78 valence electrons. The summed E-state index contributed by atoms with van der Waals surface area (Å²) < 4.78 is 0. The highest BCUT2D eigenvalue weighted by Gasteiger charge is 2.04. The SMILES string of the molecule is CCCC/C=C(\C)C(O)CCCC. The smallest absolute Gasteiger partial charge is 0.0747 e. The second-order valence-corrected chi connectivity index (χ2v) is 3.75. The van der Waals surface area contributed by atoms with Crippen LogP contribution < -0.4 is 0 Å². The molecule has 1 nitrogen and oxygen atoms in total. The molecule has 0 fully saturated rings. The standard InChI is InChI=1S/C12H24O/c1-4-6-8-9-11(3)12(13)10-7-5-2/h9,12-13H,4-8,10H2,1-3H3/b11-9+. The van der Waals surface area contributed by atoms with Crippen LogP contribution in [0.1, 0.15) is 59.3 Å². The van der Waals surface area contributed by atoms with Crippen molar-refractivity contribution in [3.8, 4) is 0 Å². The van der Waals surface area contributed by atoms with Crippen molar-refractivity contribution in [3.63, 3.8) is 0 Å². The molecule has 1 N–H and O–H groups in total. The summed E-state index contributed by atoms with van der Waals surface area (Å²) in [6.45, 7) is 6.38. The molecular weight excluding hydrogens is 160 g/mol. The minimum atomic E-state index is -0.197. The number of aliphatic hydroxyl groups is 1. The maximum atomic E-state index is 9.68. The van der Waals surface area contributed by atoms with Crippen LogP contribution in [0.5, 0.6) is 0 Å². The molecule has 1 atom stereocenters. The summed E-state index contributed by atoms with van der Waals surface area (Å²) in [5, 5.41) is 9.68. The second kappa shape index (κ2) is 8.31. The molecule has 0 amide bonds. The molecule has 0 radical (unpaired) electrons. The summed E-state index contributed by atoms with van der Waals surface area (Å²) in [7, 11) is 0. The maximum Gasteiger partial charge on any atom is 0.0747 e. The molecular formula is C12H24O. The maximum absolute atomic E-state index is 9.68. The topological polar surface area (TPSA) is 20.2 Å². The molecule has 0 aliphatic carbocycles. The molecule has 0 aromatic heterocycles. The zero-order valence-electron chi connectivity index (χ0n) is 9.34. The van der Waals surface area contributed by atoms with Crippen LogP contribution >= 0.6 is 0 Å². The molecule has 1 heteroatoms. The summed E-state index contributed by atoms with van der Waals surface area (Å²) in [5.74, 6) is 0. The first-order valence-corrected chi connectivity index (χ1v) is 5.57. The third kappa shape index (κ3) is 6.83. The molecule has 0 bridgehead atoms. The van der Waals surface area contributed by atoms with Crippen molar-refractivity contribution in [1.29, 1.82) is 0 Å². The summed E-state index contributed by atoms with van der Waals surface area (Å²) in [6.07, 6.45) is 8.78. The van der Waals surface area contributed by atoms with Crippen molar-refractivity contribution in [2.45, 2.75) is 65.4 Å². The van der Waals surface area contributed by atoms with Crippen molar-refractivity contribution in [3.05, 3.63) is 11.6 Å². The van der Waals surface area contributed by atoms with Gasteiger partial charge in [0.25, 0.3) is 0 Å². The fourth-order valence-corrected chi connectivity index (χ4v) is 1.30.